The first-order valence-corrected chi connectivity index (χ1v) is 4.19. The van der Waals surface area contributed by atoms with Crippen molar-refractivity contribution in [2.75, 3.05) is 20.1 Å². The SMILES string of the molecule is CN(NC1=NCCCN1)C(N)=S. The molecule has 0 amide bonds. The molecule has 12 heavy (non-hydrogen) atoms. The van der Waals surface area contributed by atoms with Crippen LogP contribution in [0.2, 0.25) is 0 Å². The fourth-order valence-electron chi connectivity index (χ4n) is 0.821. The van der Waals surface area contributed by atoms with E-state index in [2.05, 4.69) is 15.7 Å². The second-order valence-electron chi connectivity index (χ2n) is 2.52. The summed E-state index contributed by atoms with van der Waals surface area (Å²) in [6.07, 6.45) is 1.07. The Hall–Kier alpha value is -1.04. The summed E-state index contributed by atoms with van der Waals surface area (Å²) >= 11 is 4.75. The maximum atomic E-state index is 5.37. The Labute approximate surface area is 77.0 Å². The highest BCUT2D eigenvalue weighted by molar-refractivity contribution is 7.80. The van der Waals surface area contributed by atoms with Crippen LogP contribution >= 0.6 is 12.2 Å². The van der Waals surface area contributed by atoms with Crippen LogP contribution in [-0.4, -0.2) is 36.2 Å². The van der Waals surface area contributed by atoms with Crippen molar-refractivity contribution in [1.82, 2.24) is 15.8 Å². The number of aliphatic imine (C=N–C) groups is 1. The lowest BCUT2D eigenvalue weighted by Gasteiger charge is -2.23. The molecule has 0 spiro atoms. The molecule has 68 valence electrons. The Morgan fingerprint density at radius 2 is 2.58 bits per heavy atom. The molecule has 1 heterocycles. The molecule has 1 aliphatic rings. The lowest BCUT2D eigenvalue weighted by Crippen LogP contribution is -2.52. The lowest BCUT2D eigenvalue weighted by atomic mass is 10.4. The van der Waals surface area contributed by atoms with Crippen LogP contribution in [0.25, 0.3) is 0 Å². The second kappa shape index (κ2) is 4.10. The standard InChI is InChI=1S/C6H13N5S/c1-11(5(7)12)10-6-8-3-2-4-9-6/h2-4H2,1H3,(H2,7,12)(H2,8,9,10). The van der Waals surface area contributed by atoms with Gasteiger partial charge in [0.2, 0.25) is 5.96 Å². The normalized spacial score (nSPS) is 15.9. The number of nitrogens with two attached hydrogens (primary N) is 1. The molecule has 0 radical (unpaired) electrons. The van der Waals surface area contributed by atoms with Crippen LogP contribution < -0.4 is 16.5 Å². The molecule has 0 unspecified atom stereocenters. The number of thiocarbonyl (C=S) groups is 1. The van der Waals surface area contributed by atoms with Gasteiger partial charge in [0, 0.05) is 20.1 Å². The summed E-state index contributed by atoms with van der Waals surface area (Å²) < 4.78 is 0. The Balaban J connectivity index is 2.39. The van der Waals surface area contributed by atoms with Crippen molar-refractivity contribution in [2.24, 2.45) is 10.7 Å². The highest BCUT2D eigenvalue weighted by Crippen LogP contribution is 1.87. The van der Waals surface area contributed by atoms with Gasteiger partial charge in [-0.25, -0.2) is 0 Å². The Kier molecular flexibility index (Phi) is 3.09. The average molecular weight is 187 g/mol. The molecular formula is C6H13N5S. The Bertz CT molecular complexity index is 202. The summed E-state index contributed by atoms with van der Waals surface area (Å²) in [4.78, 5) is 4.19. The highest BCUT2D eigenvalue weighted by atomic mass is 32.1. The number of nitrogens with zero attached hydrogens (tertiary/aromatic N) is 2. The minimum atomic E-state index is 0.296. The van der Waals surface area contributed by atoms with Gasteiger partial charge in [-0.3, -0.25) is 15.4 Å². The van der Waals surface area contributed by atoms with E-state index in [0.29, 0.717) is 5.11 Å². The summed E-state index contributed by atoms with van der Waals surface area (Å²) in [5.41, 5.74) is 8.29. The van der Waals surface area contributed by atoms with E-state index in [9.17, 15) is 0 Å². The molecule has 0 aromatic rings. The van der Waals surface area contributed by atoms with Gasteiger partial charge in [0.25, 0.3) is 0 Å². The van der Waals surface area contributed by atoms with Crippen LogP contribution in [0.15, 0.2) is 4.99 Å². The summed E-state index contributed by atoms with van der Waals surface area (Å²) in [5, 5.41) is 4.93. The molecule has 4 N–H and O–H groups in total. The van der Waals surface area contributed by atoms with Crippen LogP contribution in [-0.2, 0) is 0 Å². The number of hydrogen-bond acceptors (Lipinski definition) is 4. The molecule has 5 nitrogen and oxygen atoms in total. The van der Waals surface area contributed by atoms with E-state index < -0.39 is 0 Å². The molecule has 0 fully saturated rings. The zero-order chi connectivity index (χ0) is 8.97. The van der Waals surface area contributed by atoms with E-state index in [0.717, 1.165) is 25.5 Å². The maximum absolute atomic E-state index is 5.37. The minimum Gasteiger partial charge on any atom is -0.375 e. The van der Waals surface area contributed by atoms with Gasteiger partial charge < -0.3 is 11.1 Å². The van der Waals surface area contributed by atoms with Crippen molar-refractivity contribution in [1.29, 1.82) is 0 Å². The molecule has 0 saturated heterocycles. The third-order valence-corrected chi connectivity index (χ3v) is 1.78. The van der Waals surface area contributed by atoms with Crippen molar-refractivity contribution in [3.05, 3.63) is 0 Å². The second-order valence-corrected chi connectivity index (χ2v) is 2.94. The Morgan fingerprint density at radius 1 is 1.83 bits per heavy atom. The zero-order valence-electron chi connectivity index (χ0n) is 7.00. The number of nitrogens with one attached hydrogen (secondary N) is 2. The third kappa shape index (κ3) is 2.54. The predicted octanol–water partition coefficient (Wildman–Crippen LogP) is -0.984. The summed E-state index contributed by atoms with van der Waals surface area (Å²) in [5.74, 6) is 0.733. The van der Waals surface area contributed by atoms with Gasteiger partial charge >= 0.3 is 0 Å². The fraction of sp³-hybridized carbons (Fsp3) is 0.667. The molecular weight excluding hydrogens is 174 g/mol. The quantitative estimate of drug-likeness (QED) is 0.336. The van der Waals surface area contributed by atoms with E-state index in [1.807, 2.05) is 0 Å². The van der Waals surface area contributed by atoms with Gasteiger partial charge in [-0.15, -0.1) is 0 Å². The first-order chi connectivity index (χ1) is 5.70. The average Bonchev–Trinajstić information content (AvgIpc) is 2.06. The van der Waals surface area contributed by atoms with Crippen molar-refractivity contribution >= 4 is 23.3 Å². The van der Waals surface area contributed by atoms with Crippen LogP contribution in [0.1, 0.15) is 6.42 Å². The van der Waals surface area contributed by atoms with Gasteiger partial charge in [-0.2, -0.15) is 0 Å². The van der Waals surface area contributed by atoms with Gasteiger partial charge in [0.1, 0.15) is 0 Å². The number of hydrazine groups is 1. The van der Waals surface area contributed by atoms with E-state index in [1.165, 1.54) is 0 Å². The van der Waals surface area contributed by atoms with Crippen molar-refractivity contribution < 1.29 is 0 Å². The molecule has 1 aliphatic heterocycles. The number of hydrogen-bond donors (Lipinski definition) is 3. The van der Waals surface area contributed by atoms with Crippen molar-refractivity contribution in [2.45, 2.75) is 6.42 Å². The largest absolute Gasteiger partial charge is 0.375 e. The van der Waals surface area contributed by atoms with E-state index in [1.54, 1.807) is 12.1 Å². The molecule has 0 aromatic carbocycles. The monoisotopic (exact) mass is 187 g/mol. The lowest BCUT2D eigenvalue weighted by molar-refractivity contribution is 0.445. The predicted molar refractivity (Wildman–Crippen MR) is 52.6 cm³/mol. The van der Waals surface area contributed by atoms with Gasteiger partial charge in [-0.1, -0.05) is 0 Å². The maximum Gasteiger partial charge on any atom is 0.210 e. The highest BCUT2D eigenvalue weighted by Gasteiger charge is 2.05. The van der Waals surface area contributed by atoms with Gasteiger partial charge in [0.15, 0.2) is 5.11 Å². The topological polar surface area (TPSA) is 65.7 Å². The van der Waals surface area contributed by atoms with E-state index in [-0.39, 0.29) is 0 Å². The molecule has 0 bridgehead atoms. The van der Waals surface area contributed by atoms with Crippen molar-refractivity contribution in [3.8, 4) is 0 Å². The summed E-state index contributed by atoms with van der Waals surface area (Å²) in [6.45, 7) is 1.79. The van der Waals surface area contributed by atoms with Crippen LogP contribution in [0, 0.1) is 0 Å². The van der Waals surface area contributed by atoms with Crippen LogP contribution in [0.4, 0.5) is 0 Å². The first-order valence-electron chi connectivity index (χ1n) is 3.78. The van der Waals surface area contributed by atoms with E-state index >= 15 is 0 Å². The molecule has 0 aliphatic carbocycles. The Morgan fingerprint density at radius 3 is 3.08 bits per heavy atom. The first kappa shape index (κ1) is 9.05. The summed E-state index contributed by atoms with van der Waals surface area (Å²) in [6, 6.07) is 0. The molecule has 6 heteroatoms. The third-order valence-electron chi connectivity index (χ3n) is 1.50. The van der Waals surface area contributed by atoms with Crippen molar-refractivity contribution in [3.63, 3.8) is 0 Å². The van der Waals surface area contributed by atoms with Gasteiger partial charge in [-0.05, 0) is 18.6 Å². The number of guanidine groups is 1. The number of rotatable bonds is 0. The smallest absolute Gasteiger partial charge is 0.210 e. The zero-order valence-corrected chi connectivity index (χ0v) is 7.82. The fourth-order valence-corrected chi connectivity index (χ4v) is 0.867. The van der Waals surface area contributed by atoms with Gasteiger partial charge in [0.05, 0.1) is 0 Å². The van der Waals surface area contributed by atoms with Crippen LogP contribution in [0.3, 0.4) is 0 Å². The molecule has 0 saturated carbocycles. The molecule has 1 rings (SSSR count). The van der Waals surface area contributed by atoms with Crippen LogP contribution in [0.5, 0.6) is 0 Å². The molecule has 0 aromatic heterocycles. The minimum absolute atomic E-state index is 0.296. The summed E-state index contributed by atoms with van der Waals surface area (Å²) in [7, 11) is 1.75. The van der Waals surface area contributed by atoms with E-state index in [4.69, 9.17) is 18.0 Å². The molecule has 0 atom stereocenters.